The molecule has 24 heavy (non-hydrogen) atoms. The van der Waals surface area contributed by atoms with Gasteiger partial charge in [-0.3, -0.25) is 9.72 Å². The summed E-state index contributed by atoms with van der Waals surface area (Å²) in [5.74, 6) is 0.548. The van der Waals surface area contributed by atoms with Gasteiger partial charge in [0.05, 0.1) is 12.3 Å². The molecule has 2 heterocycles. The van der Waals surface area contributed by atoms with Crippen LogP contribution in [0.3, 0.4) is 0 Å². The molecular formula is C17H17FN4O2. The molecule has 0 saturated carbocycles. The van der Waals surface area contributed by atoms with Crippen molar-refractivity contribution in [2.75, 3.05) is 17.2 Å². The van der Waals surface area contributed by atoms with E-state index in [9.17, 15) is 9.18 Å². The van der Waals surface area contributed by atoms with Gasteiger partial charge in [0.15, 0.2) is 5.65 Å². The monoisotopic (exact) mass is 328 g/mol. The molecule has 124 valence electrons. The zero-order chi connectivity index (χ0) is 16.9. The van der Waals surface area contributed by atoms with Crippen molar-refractivity contribution in [1.29, 1.82) is 0 Å². The second-order valence-corrected chi connectivity index (χ2v) is 5.08. The zero-order valence-corrected chi connectivity index (χ0v) is 13.1. The SMILES string of the molecule is CCOC(=O)Nc1ccc(NCc2ccc(F)cc2)n2ccnc12. The van der Waals surface area contributed by atoms with Gasteiger partial charge >= 0.3 is 6.09 Å². The molecule has 1 aromatic carbocycles. The van der Waals surface area contributed by atoms with Crippen LogP contribution in [0.5, 0.6) is 0 Å². The third-order valence-electron chi connectivity index (χ3n) is 3.45. The van der Waals surface area contributed by atoms with E-state index in [1.54, 1.807) is 37.5 Å². The van der Waals surface area contributed by atoms with E-state index in [0.29, 0.717) is 24.5 Å². The lowest BCUT2D eigenvalue weighted by atomic mass is 10.2. The third kappa shape index (κ3) is 3.45. The molecule has 0 spiro atoms. The summed E-state index contributed by atoms with van der Waals surface area (Å²) in [6, 6.07) is 9.90. The van der Waals surface area contributed by atoms with Crippen molar-refractivity contribution in [3.05, 3.63) is 60.2 Å². The van der Waals surface area contributed by atoms with Gasteiger partial charge in [-0.05, 0) is 36.8 Å². The van der Waals surface area contributed by atoms with Crippen LogP contribution in [0.4, 0.5) is 20.7 Å². The number of carbonyl (C=O) groups is 1. The molecule has 0 radical (unpaired) electrons. The van der Waals surface area contributed by atoms with Crippen LogP contribution < -0.4 is 10.6 Å². The van der Waals surface area contributed by atoms with Crippen LogP contribution in [-0.4, -0.2) is 22.1 Å². The molecule has 0 aliphatic heterocycles. The summed E-state index contributed by atoms with van der Waals surface area (Å²) in [6.07, 6.45) is 2.92. The van der Waals surface area contributed by atoms with Crippen molar-refractivity contribution >= 4 is 23.2 Å². The standard InChI is InChI=1S/C17H17FN4O2/c1-2-24-17(23)21-14-7-8-15(22-10-9-19-16(14)22)20-11-12-3-5-13(18)6-4-12/h3-10,20H,2,11H2,1H3,(H,21,23). The Morgan fingerprint density at radius 2 is 2.04 bits per heavy atom. The summed E-state index contributed by atoms with van der Waals surface area (Å²) in [7, 11) is 0. The number of ether oxygens (including phenoxy) is 1. The maximum absolute atomic E-state index is 12.9. The van der Waals surface area contributed by atoms with Crippen LogP contribution in [0.15, 0.2) is 48.8 Å². The Morgan fingerprint density at radius 3 is 2.79 bits per heavy atom. The van der Waals surface area contributed by atoms with Gasteiger partial charge in [0.1, 0.15) is 11.6 Å². The first-order valence-electron chi connectivity index (χ1n) is 7.55. The molecule has 2 N–H and O–H groups in total. The van der Waals surface area contributed by atoms with E-state index in [-0.39, 0.29) is 5.82 Å². The summed E-state index contributed by atoms with van der Waals surface area (Å²) in [4.78, 5) is 15.8. The molecule has 0 aliphatic rings. The normalized spacial score (nSPS) is 10.6. The Bertz CT molecular complexity index is 845. The quantitative estimate of drug-likeness (QED) is 0.750. The van der Waals surface area contributed by atoms with Crippen molar-refractivity contribution in [3.8, 4) is 0 Å². The fraction of sp³-hybridized carbons (Fsp3) is 0.176. The number of hydrogen-bond donors (Lipinski definition) is 2. The highest BCUT2D eigenvalue weighted by Crippen LogP contribution is 2.21. The molecular weight excluding hydrogens is 311 g/mol. The summed E-state index contributed by atoms with van der Waals surface area (Å²) in [5.41, 5.74) is 2.12. The Balaban J connectivity index is 1.78. The molecule has 0 bridgehead atoms. The number of carbonyl (C=O) groups excluding carboxylic acids is 1. The second-order valence-electron chi connectivity index (χ2n) is 5.08. The Labute approximate surface area is 138 Å². The van der Waals surface area contributed by atoms with Crippen LogP contribution in [0.2, 0.25) is 0 Å². The summed E-state index contributed by atoms with van der Waals surface area (Å²) < 4.78 is 19.7. The molecule has 0 unspecified atom stereocenters. The lowest BCUT2D eigenvalue weighted by Crippen LogP contribution is -2.14. The van der Waals surface area contributed by atoms with Gasteiger partial charge in [0.25, 0.3) is 0 Å². The van der Waals surface area contributed by atoms with Crippen molar-refractivity contribution in [3.63, 3.8) is 0 Å². The first kappa shape index (κ1) is 15.8. The molecule has 7 heteroatoms. The number of anilines is 2. The number of fused-ring (bicyclic) bond motifs is 1. The average Bonchev–Trinajstić information content (AvgIpc) is 3.06. The summed E-state index contributed by atoms with van der Waals surface area (Å²) in [5, 5.41) is 5.94. The van der Waals surface area contributed by atoms with Crippen molar-refractivity contribution in [2.45, 2.75) is 13.5 Å². The average molecular weight is 328 g/mol. The van der Waals surface area contributed by atoms with E-state index in [1.165, 1.54) is 12.1 Å². The van der Waals surface area contributed by atoms with E-state index >= 15 is 0 Å². The predicted molar refractivity (Wildman–Crippen MR) is 89.6 cm³/mol. The highest BCUT2D eigenvalue weighted by atomic mass is 19.1. The number of amides is 1. The van der Waals surface area contributed by atoms with Crippen LogP contribution in [0, 0.1) is 5.82 Å². The number of halogens is 1. The van der Waals surface area contributed by atoms with Crippen LogP contribution in [0.25, 0.3) is 5.65 Å². The number of hydrogen-bond acceptors (Lipinski definition) is 4. The number of benzene rings is 1. The highest BCUT2D eigenvalue weighted by molar-refractivity contribution is 5.90. The Morgan fingerprint density at radius 1 is 1.25 bits per heavy atom. The van der Waals surface area contributed by atoms with Gasteiger partial charge in [0, 0.05) is 18.9 Å². The van der Waals surface area contributed by atoms with Crippen molar-refractivity contribution in [1.82, 2.24) is 9.38 Å². The van der Waals surface area contributed by atoms with Crippen LogP contribution in [0.1, 0.15) is 12.5 Å². The Hall–Kier alpha value is -3.09. The second kappa shape index (κ2) is 6.99. The van der Waals surface area contributed by atoms with E-state index in [1.807, 2.05) is 10.5 Å². The number of rotatable bonds is 5. The molecule has 3 rings (SSSR count). The molecule has 0 atom stereocenters. The molecule has 3 aromatic rings. The van der Waals surface area contributed by atoms with E-state index in [2.05, 4.69) is 15.6 Å². The van der Waals surface area contributed by atoms with Gasteiger partial charge in [-0.15, -0.1) is 0 Å². The largest absolute Gasteiger partial charge is 0.450 e. The molecule has 2 aromatic heterocycles. The lowest BCUT2D eigenvalue weighted by molar-refractivity contribution is 0.168. The predicted octanol–water partition coefficient (Wildman–Crippen LogP) is 3.65. The van der Waals surface area contributed by atoms with Crippen LogP contribution >= 0.6 is 0 Å². The minimum Gasteiger partial charge on any atom is -0.450 e. The lowest BCUT2D eigenvalue weighted by Gasteiger charge is -2.12. The van der Waals surface area contributed by atoms with Crippen molar-refractivity contribution < 1.29 is 13.9 Å². The zero-order valence-electron chi connectivity index (χ0n) is 13.1. The molecule has 1 amide bonds. The van der Waals surface area contributed by atoms with Gasteiger partial charge in [-0.25, -0.2) is 14.2 Å². The fourth-order valence-electron chi connectivity index (χ4n) is 2.33. The first-order valence-corrected chi connectivity index (χ1v) is 7.55. The minimum atomic E-state index is -0.519. The smallest absolute Gasteiger partial charge is 0.411 e. The topological polar surface area (TPSA) is 67.7 Å². The third-order valence-corrected chi connectivity index (χ3v) is 3.45. The number of nitrogens with one attached hydrogen (secondary N) is 2. The van der Waals surface area contributed by atoms with Gasteiger partial charge in [-0.1, -0.05) is 12.1 Å². The molecule has 6 nitrogen and oxygen atoms in total. The maximum atomic E-state index is 12.9. The maximum Gasteiger partial charge on any atom is 0.411 e. The van der Waals surface area contributed by atoms with Crippen LogP contribution in [-0.2, 0) is 11.3 Å². The summed E-state index contributed by atoms with van der Waals surface area (Å²) in [6.45, 7) is 2.58. The number of aromatic nitrogens is 2. The summed E-state index contributed by atoms with van der Waals surface area (Å²) >= 11 is 0. The van der Waals surface area contributed by atoms with Gasteiger partial charge in [0.2, 0.25) is 0 Å². The van der Waals surface area contributed by atoms with E-state index in [4.69, 9.17) is 4.74 Å². The van der Waals surface area contributed by atoms with Gasteiger partial charge in [-0.2, -0.15) is 0 Å². The van der Waals surface area contributed by atoms with E-state index < -0.39 is 6.09 Å². The number of imidazole rings is 1. The van der Waals surface area contributed by atoms with Crippen molar-refractivity contribution in [2.24, 2.45) is 0 Å². The molecule has 0 fully saturated rings. The number of pyridine rings is 1. The molecule has 0 saturated heterocycles. The molecule has 0 aliphatic carbocycles. The van der Waals surface area contributed by atoms with Gasteiger partial charge < -0.3 is 10.1 Å². The van der Waals surface area contributed by atoms with E-state index in [0.717, 1.165) is 11.4 Å². The first-order chi connectivity index (χ1) is 11.7. The Kier molecular flexibility index (Phi) is 4.60. The number of nitrogens with zero attached hydrogens (tertiary/aromatic N) is 2. The minimum absolute atomic E-state index is 0.259. The highest BCUT2D eigenvalue weighted by Gasteiger charge is 2.10. The fourth-order valence-corrected chi connectivity index (χ4v) is 2.33.